The molecule has 0 spiro atoms. The van der Waals surface area contributed by atoms with Crippen LogP contribution in [0.15, 0.2) is 59.4 Å². The van der Waals surface area contributed by atoms with Gasteiger partial charge < -0.3 is 10.1 Å². The molecule has 138 valence electrons. The highest BCUT2D eigenvalue weighted by Gasteiger charge is 2.12. The number of hydrogen-bond acceptors (Lipinski definition) is 5. The molecular formula is C20H19N3O4. The van der Waals surface area contributed by atoms with Gasteiger partial charge in [0, 0.05) is 19.2 Å². The molecule has 0 saturated carbocycles. The van der Waals surface area contributed by atoms with Crippen LogP contribution in [-0.2, 0) is 27.8 Å². The molecule has 0 fully saturated rings. The van der Waals surface area contributed by atoms with Crippen molar-refractivity contribution in [1.82, 2.24) is 9.55 Å². The second kappa shape index (κ2) is 8.27. The van der Waals surface area contributed by atoms with Crippen molar-refractivity contribution in [3.63, 3.8) is 0 Å². The van der Waals surface area contributed by atoms with E-state index in [0.29, 0.717) is 22.4 Å². The molecule has 3 aromatic rings. The number of para-hydroxylation sites is 2. The highest BCUT2D eigenvalue weighted by molar-refractivity contribution is 5.92. The van der Waals surface area contributed by atoms with E-state index in [2.05, 4.69) is 10.3 Å². The zero-order valence-corrected chi connectivity index (χ0v) is 14.8. The summed E-state index contributed by atoms with van der Waals surface area (Å²) < 4.78 is 6.42. The molecule has 1 N–H and O–H groups in total. The van der Waals surface area contributed by atoms with Gasteiger partial charge in [-0.2, -0.15) is 0 Å². The minimum atomic E-state index is -0.527. The fraction of sp³-hybridized carbons (Fsp3) is 0.200. The molecule has 0 atom stereocenters. The Bertz CT molecular complexity index is 1030. The number of aromatic nitrogens is 2. The monoisotopic (exact) mass is 365 g/mol. The smallest absolute Gasteiger partial charge is 0.306 e. The fourth-order valence-corrected chi connectivity index (χ4v) is 2.64. The van der Waals surface area contributed by atoms with E-state index in [-0.39, 0.29) is 25.0 Å². The number of nitrogens with zero attached hydrogens (tertiary/aromatic N) is 2. The summed E-state index contributed by atoms with van der Waals surface area (Å²) in [5, 5.41) is 3.17. The van der Waals surface area contributed by atoms with Gasteiger partial charge in [0.05, 0.1) is 17.3 Å². The number of fused-ring (bicyclic) bond motifs is 1. The molecule has 0 aliphatic heterocycles. The molecule has 2 aromatic carbocycles. The second-order valence-electron chi connectivity index (χ2n) is 5.98. The molecule has 27 heavy (non-hydrogen) atoms. The van der Waals surface area contributed by atoms with Gasteiger partial charge in [0.2, 0.25) is 0 Å². The second-order valence-corrected chi connectivity index (χ2v) is 5.98. The number of amides is 1. The molecule has 3 rings (SSSR count). The molecule has 0 aliphatic rings. The van der Waals surface area contributed by atoms with Gasteiger partial charge in [-0.15, -0.1) is 0 Å². The quantitative estimate of drug-likeness (QED) is 0.675. The van der Waals surface area contributed by atoms with Gasteiger partial charge in [-0.1, -0.05) is 30.3 Å². The van der Waals surface area contributed by atoms with E-state index in [9.17, 15) is 14.4 Å². The molecule has 0 aliphatic carbocycles. The number of carbonyl (C=O) groups is 2. The minimum absolute atomic E-state index is 0.0250. The number of carbonyl (C=O) groups excluding carboxylic acids is 2. The van der Waals surface area contributed by atoms with Gasteiger partial charge in [0.1, 0.15) is 5.82 Å². The van der Waals surface area contributed by atoms with Gasteiger partial charge in [0.15, 0.2) is 6.61 Å². The molecule has 0 unspecified atom stereocenters. The first-order valence-electron chi connectivity index (χ1n) is 8.50. The largest absolute Gasteiger partial charge is 0.456 e. The molecule has 0 bridgehead atoms. The number of ether oxygens (including phenoxy) is 1. The van der Waals surface area contributed by atoms with Crippen LogP contribution < -0.4 is 10.9 Å². The van der Waals surface area contributed by atoms with E-state index in [4.69, 9.17) is 4.74 Å². The molecule has 0 saturated heterocycles. The van der Waals surface area contributed by atoms with Gasteiger partial charge in [-0.25, -0.2) is 4.98 Å². The first kappa shape index (κ1) is 18.3. The minimum Gasteiger partial charge on any atom is -0.456 e. The van der Waals surface area contributed by atoms with Crippen molar-refractivity contribution in [2.45, 2.75) is 12.8 Å². The Balaban J connectivity index is 1.55. The summed E-state index contributed by atoms with van der Waals surface area (Å²) in [5.41, 5.74) is 1.06. The normalized spacial score (nSPS) is 10.6. The van der Waals surface area contributed by atoms with Crippen LogP contribution in [0.5, 0.6) is 0 Å². The molecule has 0 radical (unpaired) electrons. The first-order valence-corrected chi connectivity index (χ1v) is 8.50. The molecule has 1 heterocycles. The number of esters is 1. The van der Waals surface area contributed by atoms with E-state index >= 15 is 0 Å². The maximum atomic E-state index is 12.3. The van der Waals surface area contributed by atoms with Crippen molar-refractivity contribution < 1.29 is 14.3 Å². The summed E-state index contributed by atoms with van der Waals surface area (Å²) in [6, 6.07) is 16.0. The lowest BCUT2D eigenvalue weighted by Crippen LogP contribution is -2.24. The maximum Gasteiger partial charge on any atom is 0.306 e. The first-order chi connectivity index (χ1) is 13.0. The summed E-state index contributed by atoms with van der Waals surface area (Å²) >= 11 is 0. The lowest BCUT2D eigenvalue weighted by Gasteiger charge is -2.09. The van der Waals surface area contributed by atoms with Crippen LogP contribution in [0.2, 0.25) is 0 Å². The van der Waals surface area contributed by atoms with Crippen molar-refractivity contribution >= 4 is 28.5 Å². The Labute approximate surface area is 155 Å². The SMILES string of the molecule is Cn1c(CCC(=O)OCC(=O)Nc2ccccc2)nc2ccccc2c1=O. The maximum absolute atomic E-state index is 12.3. The summed E-state index contributed by atoms with van der Waals surface area (Å²) in [5.74, 6) is -0.448. The highest BCUT2D eigenvalue weighted by Crippen LogP contribution is 2.09. The zero-order chi connectivity index (χ0) is 19.2. The number of rotatable bonds is 6. The third kappa shape index (κ3) is 4.58. The predicted molar refractivity (Wildman–Crippen MR) is 101 cm³/mol. The van der Waals surface area contributed by atoms with E-state index in [1.54, 1.807) is 55.6 Å². The number of aryl methyl sites for hydroxylation is 1. The number of anilines is 1. The van der Waals surface area contributed by atoms with Crippen LogP contribution in [0.4, 0.5) is 5.69 Å². The van der Waals surface area contributed by atoms with Crippen LogP contribution in [0, 0.1) is 0 Å². The lowest BCUT2D eigenvalue weighted by molar-refractivity contribution is -0.147. The predicted octanol–water partition coefficient (Wildman–Crippen LogP) is 2.05. The Morgan fingerprint density at radius 1 is 1.07 bits per heavy atom. The Morgan fingerprint density at radius 2 is 1.78 bits per heavy atom. The van der Waals surface area contributed by atoms with Gasteiger partial charge >= 0.3 is 5.97 Å². The number of hydrogen-bond donors (Lipinski definition) is 1. The van der Waals surface area contributed by atoms with Crippen molar-refractivity contribution in [1.29, 1.82) is 0 Å². The summed E-state index contributed by atoms with van der Waals surface area (Å²) in [7, 11) is 1.62. The summed E-state index contributed by atoms with van der Waals surface area (Å²) in [4.78, 5) is 40.5. The Kier molecular flexibility index (Phi) is 5.61. The molecule has 7 heteroatoms. The van der Waals surface area contributed by atoms with E-state index in [1.165, 1.54) is 4.57 Å². The van der Waals surface area contributed by atoms with Crippen LogP contribution in [-0.4, -0.2) is 28.0 Å². The van der Waals surface area contributed by atoms with Crippen LogP contribution in [0.1, 0.15) is 12.2 Å². The molecular weight excluding hydrogens is 346 g/mol. The number of benzene rings is 2. The van der Waals surface area contributed by atoms with Gasteiger partial charge in [0.25, 0.3) is 11.5 Å². The van der Waals surface area contributed by atoms with Crippen molar-refractivity contribution in [2.75, 3.05) is 11.9 Å². The van der Waals surface area contributed by atoms with Crippen molar-refractivity contribution in [3.05, 3.63) is 70.8 Å². The summed E-state index contributed by atoms with van der Waals surface area (Å²) in [6.07, 6.45) is 0.271. The van der Waals surface area contributed by atoms with Crippen molar-refractivity contribution in [2.24, 2.45) is 7.05 Å². The van der Waals surface area contributed by atoms with E-state index in [0.717, 1.165) is 0 Å². The topological polar surface area (TPSA) is 90.3 Å². The van der Waals surface area contributed by atoms with Gasteiger partial charge in [-0.3, -0.25) is 19.0 Å². The lowest BCUT2D eigenvalue weighted by atomic mass is 10.2. The molecule has 1 amide bonds. The third-order valence-corrected chi connectivity index (χ3v) is 4.05. The highest BCUT2D eigenvalue weighted by atomic mass is 16.5. The third-order valence-electron chi connectivity index (χ3n) is 4.05. The van der Waals surface area contributed by atoms with Crippen molar-refractivity contribution in [3.8, 4) is 0 Å². The number of nitrogens with one attached hydrogen (secondary N) is 1. The van der Waals surface area contributed by atoms with Crippen LogP contribution in [0.25, 0.3) is 10.9 Å². The average Bonchev–Trinajstić information content (AvgIpc) is 2.69. The van der Waals surface area contributed by atoms with Gasteiger partial charge in [-0.05, 0) is 24.3 Å². The molecule has 1 aromatic heterocycles. The van der Waals surface area contributed by atoms with E-state index in [1.807, 2.05) is 6.07 Å². The van der Waals surface area contributed by atoms with E-state index < -0.39 is 11.9 Å². The fourth-order valence-electron chi connectivity index (χ4n) is 2.64. The van der Waals surface area contributed by atoms with Crippen LogP contribution >= 0.6 is 0 Å². The standard InChI is InChI=1S/C20H19N3O4/c1-23-17(22-16-10-6-5-9-15(16)20(23)26)11-12-19(25)27-13-18(24)21-14-7-3-2-4-8-14/h2-10H,11-13H2,1H3,(H,21,24). The molecule has 7 nitrogen and oxygen atoms in total. The Morgan fingerprint density at radius 3 is 2.56 bits per heavy atom. The van der Waals surface area contributed by atoms with Crippen LogP contribution in [0.3, 0.4) is 0 Å². The average molecular weight is 365 g/mol. The Hall–Kier alpha value is -3.48. The zero-order valence-electron chi connectivity index (χ0n) is 14.8. The summed E-state index contributed by atoms with van der Waals surface area (Å²) in [6.45, 7) is -0.363.